The zero-order valence-electron chi connectivity index (χ0n) is 10.6. The highest BCUT2D eigenvalue weighted by Gasteiger charge is 2.10. The molecule has 0 atom stereocenters. The van der Waals surface area contributed by atoms with Crippen molar-refractivity contribution in [2.24, 2.45) is 0 Å². The third kappa shape index (κ3) is 3.03. The van der Waals surface area contributed by atoms with Crippen LogP contribution < -0.4 is 14.8 Å². The fourth-order valence-corrected chi connectivity index (χ4v) is 2.40. The van der Waals surface area contributed by atoms with Gasteiger partial charge in [0.2, 0.25) is 0 Å². The minimum Gasteiger partial charge on any atom is -0.493 e. The monoisotopic (exact) mass is 263 g/mol. The summed E-state index contributed by atoms with van der Waals surface area (Å²) in [6.45, 7) is 1.33. The highest BCUT2D eigenvalue weighted by molar-refractivity contribution is 7.07. The van der Waals surface area contributed by atoms with Gasteiger partial charge in [0.1, 0.15) is 6.61 Å². The van der Waals surface area contributed by atoms with Crippen molar-refractivity contribution in [1.29, 1.82) is 0 Å². The number of thiophene rings is 1. The fourth-order valence-electron chi connectivity index (χ4n) is 1.75. The SMILES string of the molecule is CNCc1cccc(OC)c1OCc1ccsc1. The van der Waals surface area contributed by atoms with Crippen molar-refractivity contribution in [3.63, 3.8) is 0 Å². The van der Waals surface area contributed by atoms with Crippen molar-refractivity contribution in [2.45, 2.75) is 13.2 Å². The number of hydrogen-bond donors (Lipinski definition) is 1. The molecule has 0 saturated heterocycles. The highest BCUT2D eigenvalue weighted by Crippen LogP contribution is 2.31. The lowest BCUT2D eigenvalue weighted by Gasteiger charge is -2.14. The van der Waals surface area contributed by atoms with Gasteiger partial charge in [-0.2, -0.15) is 11.3 Å². The van der Waals surface area contributed by atoms with Gasteiger partial charge < -0.3 is 14.8 Å². The van der Waals surface area contributed by atoms with Gasteiger partial charge in [-0.3, -0.25) is 0 Å². The molecule has 0 radical (unpaired) electrons. The van der Waals surface area contributed by atoms with Crippen LogP contribution in [-0.4, -0.2) is 14.2 Å². The molecule has 0 aliphatic carbocycles. The quantitative estimate of drug-likeness (QED) is 0.869. The van der Waals surface area contributed by atoms with E-state index in [4.69, 9.17) is 9.47 Å². The maximum Gasteiger partial charge on any atom is 0.166 e. The summed E-state index contributed by atoms with van der Waals surface area (Å²) in [7, 11) is 3.58. The van der Waals surface area contributed by atoms with E-state index in [9.17, 15) is 0 Å². The van der Waals surface area contributed by atoms with Gasteiger partial charge in [-0.05, 0) is 35.5 Å². The van der Waals surface area contributed by atoms with Gasteiger partial charge in [-0.15, -0.1) is 0 Å². The molecule has 4 heteroatoms. The van der Waals surface area contributed by atoms with E-state index in [0.717, 1.165) is 23.6 Å². The average molecular weight is 263 g/mol. The second-order valence-electron chi connectivity index (χ2n) is 3.90. The molecular formula is C14H17NO2S. The Hall–Kier alpha value is -1.52. The number of hydrogen-bond acceptors (Lipinski definition) is 4. The molecule has 0 fully saturated rings. The smallest absolute Gasteiger partial charge is 0.166 e. The average Bonchev–Trinajstić information content (AvgIpc) is 2.90. The molecule has 2 rings (SSSR count). The van der Waals surface area contributed by atoms with Crippen LogP contribution in [-0.2, 0) is 13.2 Å². The maximum absolute atomic E-state index is 5.90. The van der Waals surface area contributed by atoms with Crippen molar-refractivity contribution >= 4 is 11.3 Å². The number of rotatable bonds is 6. The third-order valence-electron chi connectivity index (χ3n) is 2.61. The van der Waals surface area contributed by atoms with Gasteiger partial charge in [-0.25, -0.2) is 0 Å². The molecule has 1 aromatic carbocycles. The molecule has 18 heavy (non-hydrogen) atoms. The molecule has 1 N–H and O–H groups in total. The molecule has 0 spiro atoms. The summed E-state index contributed by atoms with van der Waals surface area (Å²) in [5, 5.41) is 7.28. The number of nitrogens with one attached hydrogen (secondary N) is 1. The van der Waals surface area contributed by atoms with Crippen LogP contribution in [0.1, 0.15) is 11.1 Å². The molecule has 0 aliphatic heterocycles. The molecule has 2 aromatic rings. The Bertz CT molecular complexity index is 483. The molecule has 0 unspecified atom stereocenters. The zero-order valence-corrected chi connectivity index (χ0v) is 11.4. The van der Waals surface area contributed by atoms with E-state index >= 15 is 0 Å². The molecule has 0 amide bonds. The van der Waals surface area contributed by atoms with Crippen LogP contribution >= 0.6 is 11.3 Å². The minimum atomic E-state index is 0.570. The van der Waals surface area contributed by atoms with Crippen LogP contribution in [0.3, 0.4) is 0 Å². The molecular weight excluding hydrogens is 246 g/mol. The van der Waals surface area contributed by atoms with Gasteiger partial charge >= 0.3 is 0 Å². The number of ether oxygens (including phenoxy) is 2. The lowest BCUT2D eigenvalue weighted by Crippen LogP contribution is -2.08. The van der Waals surface area contributed by atoms with Crippen LogP contribution in [0, 0.1) is 0 Å². The molecule has 3 nitrogen and oxygen atoms in total. The Kier molecular flexibility index (Phi) is 4.61. The summed E-state index contributed by atoms with van der Waals surface area (Å²) < 4.78 is 11.2. The lowest BCUT2D eigenvalue weighted by molar-refractivity contribution is 0.281. The van der Waals surface area contributed by atoms with Crippen molar-refractivity contribution in [3.05, 3.63) is 46.2 Å². The lowest BCUT2D eigenvalue weighted by atomic mass is 10.2. The van der Waals surface area contributed by atoms with E-state index in [2.05, 4.69) is 22.1 Å². The summed E-state index contributed by atoms with van der Waals surface area (Å²) >= 11 is 1.68. The van der Waals surface area contributed by atoms with Gasteiger partial charge in [0.05, 0.1) is 7.11 Å². The Balaban J connectivity index is 2.18. The van der Waals surface area contributed by atoms with E-state index in [1.807, 2.05) is 25.2 Å². The second-order valence-corrected chi connectivity index (χ2v) is 4.68. The first-order valence-electron chi connectivity index (χ1n) is 5.79. The van der Waals surface area contributed by atoms with Gasteiger partial charge in [0.15, 0.2) is 11.5 Å². The minimum absolute atomic E-state index is 0.570. The summed E-state index contributed by atoms with van der Waals surface area (Å²) in [4.78, 5) is 0. The molecule has 0 saturated carbocycles. The van der Waals surface area contributed by atoms with Crippen LogP contribution in [0.25, 0.3) is 0 Å². The Labute approximate surface area is 111 Å². The molecule has 1 heterocycles. The van der Waals surface area contributed by atoms with Crippen LogP contribution in [0.2, 0.25) is 0 Å². The third-order valence-corrected chi connectivity index (χ3v) is 3.34. The normalized spacial score (nSPS) is 10.3. The standard InChI is InChI=1S/C14H17NO2S/c1-15-8-12-4-3-5-13(16-2)14(12)17-9-11-6-7-18-10-11/h3-7,10,15H,8-9H2,1-2H3. The Morgan fingerprint density at radius 2 is 2.17 bits per heavy atom. The summed E-state index contributed by atoms with van der Waals surface area (Å²) in [6.07, 6.45) is 0. The van der Waals surface area contributed by atoms with Crippen molar-refractivity contribution < 1.29 is 9.47 Å². The Morgan fingerprint density at radius 3 is 2.83 bits per heavy atom. The molecule has 0 aliphatic rings. The predicted octanol–water partition coefficient (Wildman–Crippen LogP) is 3.06. The highest BCUT2D eigenvalue weighted by atomic mass is 32.1. The van der Waals surface area contributed by atoms with Crippen LogP contribution in [0.4, 0.5) is 0 Å². The van der Waals surface area contributed by atoms with Crippen molar-refractivity contribution in [3.8, 4) is 11.5 Å². The van der Waals surface area contributed by atoms with Gasteiger partial charge in [-0.1, -0.05) is 12.1 Å². The first kappa shape index (κ1) is 12.9. The van der Waals surface area contributed by atoms with Crippen molar-refractivity contribution in [2.75, 3.05) is 14.2 Å². The van der Waals surface area contributed by atoms with E-state index in [1.165, 1.54) is 5.56 Å². The fraction of sp³-hybridized carbons (Fsp3) is 0.286. The number of methoxy groups -OCH3 is 1. The van der Waals surface area contributed by atoms with Gasteiger partial charge in [0, 0.05) is 12.1 Å². The van der Waals surface area contributed by atoms with Crippen molar-refractivity contribution in [1.82, 2.24) is 5.32 Å². The van der Waals surface area contributed by atoms with E-state index < -0.39 is 0 Å². The van der Waals surface area contributed by atoms with Gasteiger partial charge in [0.25, 0.3) is 0 Å². The second kappa shape index (κ2) is 6.42. The number of para-hydroxylation sites is 1. The van der Waals surface area contributed by atoms with Crippen LogP contribution in [0.15, 0.2) is 35.0 Å². The largest absolute Gasteiger partial charge is 0.493 e. The molecule has 0 bridgehead atoms. The topological polar surface area (TPSA) is 30.5 Å². The summed E-state index contributed by atoms with van der Waals surface area (Å²) in [6, 6.07) is 8.00. The number of benzene rings is 1. The molecule has 96 valence electrons. The Morgan fingerprint density at radius 1 is 1.28 bits per heavy atom. The summed E-state index contributed by atoms with van der Waals surface area (Å²) in [5.74, 6) is 1.60. The summed E-state index contributed by atoms with van der Waals surface area (Å²) in [5.41, 5.74) is 2.29. The van der Waals surface area contributed by atoms with E-state index in [0.29, 0.717) is 6.61 Å². The first-order chi connectivity index (χ1) is 8.85. The van der Waals surface area contributed by atoms with E-state index in [-0.39, 0.29) is 0 Å². The zero-order chi connectivity index (χ0) is 12.8. The van der Waals surface area contributed by atoms with E-state index in [1.54, 1.807) is 18.4 Å². The molecule has 1 aromatic heterocycles. The first-order valence-corrected chi connectivity index (χ1v) is 6.73. The van der Waals surface area contributed by atoms with Crippen LogP contribution in [0.5, 0.6) is 11.5 Å². The maximum atomic E-state index is 5.90. The predicted molar refractivity (Wildman–Crippen MR) is 74.4 cm³/mol.